The highest BCUT2D eigenvalue weighted by Crippen LogP contribution is 2.74. The second-order valence-electron chi connectivity index (χ2n) is 8.22. The second kappa shape index (κ2) is 3.74. The summed E-state index contributed by atoms with van der Waals surface area (Å²) < 4.78 is 0. The van der Waals surface area contributed by atoms with Crippen LogP contribution in [0.2, 0.25) is 0 Å². The van der Waals surface area contributed by atoms with E-state index in [9.17, 15) is 9.59 Å². The lowest BCUT2D eigenvalue weighted by molar-refractivity contribution is -0.140. The molecule has 2 fully saturated rings. The average Bonchev–Trinajstić information content (AvgIpc) is 2.54. The van der Waals surface area contributed by atoms with Crippen LogP contribution in [0.15, 0.2) is 0 Å². The molecule has 2 N–H and O–H groups in total. The molecule has 1 aliphatic heterocycles. The highest BCUT2D eigenvalue weighted by molar-refractivity contribution is 5.89. The zero-order valence-corrected chi connectivity index (χ0v) is 12.9. The molecule has 0 bridgehead atoms. The molecule has 3 atom stereocenters. The van der Waals surface area contributed by atoms with Crippen LogP contribution in [0.4, 0.5) is 0 Å². The summed E-state index contributed by atoms with van der Waals surface area (Å²) >= 11 is 0. The molecule has 108 valence electrons. The average molecular weight is 266 g/mol. The summed E-state index contributed by atoms with van der Waals surface area (Å²) in [5.41, 5.74) is 5.63. The summed E-state index contributed by atoms with van der Waals surface area (Å²) in [6, 6.07) is -0.421. The first-order valence-corrected chi connectivity index (χ1v) is 7.00. The molecule has 0 aromatic heterocycles. The van der Waals surface area contributed by atoms with Crippen LogP contribution in [0, 0.1) is 22.2 Å². The van der Waals surface area contributed by atoms with Crippen molar-refractivity contribution in [3.8, 4) is 0 Å². The topological polar surface area (TPSA) is 63.4 Å². The number of fused-ring (bicyclic) bond motifs is 1. The SMILES string of the molecule is CC(C)(C)CC(=O)N1CC2(C)[C@@H]([C@H]1C(N)=O)C2(C)C. The zero-order chi connectivity index (χ0) is 14.8. The number of likely N-dealkylation sites (tertiary alicyclic amines) is 1. The minimum Gasteiger partial charge on any atom is -0.368 e. The van der Waals surface area contributed by atoms with Gasteiger partial charge in [0.2, 0.25) is 11.8 Å². The first-order chi connectivity index (χ1) is 8.42. The maximum absolute atomic E-state index is 12.4. The molecule has 1 unspecified atom stereocenters. The van der Waals surface area contributed by atoms with Gasteiger partial charge in [-0.05, 0) is 16.2 Å². The van der Waals surface area contributed by atoms with Crippen LogP contribution in [0.1, 0.15) is 48.0 Å². The first-order valence-electron chi connectivity index (χ1n) is 7.00. The van der Waals surface area contributed by atoms with E-state index in [1.165, 1.54) is 0 Å². The molecular formula is C15H26N2O2. The largest absolute Gasteiger partial charge is 0.368 e. The maximum Gasteiger partial charge on any atom is 0.240 e. The van der Waals surface area contributed by atoms with Gasteiger partial charge in [-0.2, -0.15) is 0 Å². The van der Waals surface area contributed by atoms with Crippen LogP contribution in [-0.4, -0.2) is 29.3 Å². The molecule has 19 heavy (non-hydrogen) atoms. The lowest BCUT2D eigenvalue weighted by atomic mass is 9.90. The van der Waals surface area contributed by atoms with Crippen molar-refractivity contribution in [2.45, 2.75) is 54.0 Å². The molecule has 4 nitrogen and oxygen atoms in total. The van der Waals surface area contributed by atoms with Crippen molar-refractivity contribution in [2.24, 2.45) is 27.9 Å². The molecule has 2 rings (SSSR count). The van der Waals surface area contributed by atoms with Crippen molar-refractivity contribution in [1.29, 1.82) is 0 Å². The van der Waals surface area contributed by atoms with Crippen molar-refractivity contribution < 1.29 is 9.59 Å². The number of hydrogen-bond acceptors (Lipinski definition) is 2. The molecule has 4 heteroatoms. The fourth-order valence-electron chi connectivity index (χ4n) is 3.91. The van der Waals surface area contributed by atoms with Gasteiger partial charge in [-0.1, -0.05) is 41.5 Å². The Morgan fingerprint density at radius 2 is 1.79 bits per heavy atom. The van der Waals surface area contributed by atoms with Crippen LogP contribution in [-0.2, 0) is 9.59 Å². The van der Waals surface area contributed by atoms with Crippen molar-refractivity contribution in [1.82, 2.24) is 4.90 Å². The minimum absolute atomic E-state index is 0.0419. The Bertz CT molecular complexity index is 436. The lowest BCUT2D eigenvalue weighted by Gasteiger charge is -2.32. The van der Waals surface area contributed by atoms with Gasteiger partial charge >= 0.3 is 0 Å². The molecule has 0 aromatic carbocycles. The number of nitrogens with zero attached hydrogens (tertiary/aromatic N) is 1. The predicted molar refractivity (Wildman–Crippen MR) is 74.1 cm³/mol. The predicted octanol–water partition coefficient (Wildman–Crippen LogP) is 1.78. The number of primary amides is 1. The van der Waals surface area contributed by atoms with Crippen molar-refractivity contribution in [3.63, 3.8) is 0 Å². The minimum atomic E-state index is -0.421. The van der Waals surface area contributed by atoms with E-state index in [1.807, 2.05) is 20.8 Å². The molecule has 1 aliphatic carbocycles. The van der Waals surface area contributed by atoms with Crippen LogP contribution in [0.25, 0.3) is 0 Å². The highest BCUT2D eigenvalue weighted by atomic mass is 16.2. The van der Waals surface area contributed by atoms with Gasteiger partial charge in [0.25, 0.3) is 0 Å². The quantitative estimate of drug-likeness (QED) is 0.828. The summed E-state index contributed by atoms with van der Waals surface area (Å²) in [4.78, 5) is 25.9. The fraction of sp³-hybridized carbons (Fsp3) is 0.867. The number of rotatable bonds is 2. The van der Waals surface area contributed by atoms with Gasteiger partial charge in [0, 0.05) is 18.9 Å². The number of carbonyl (C=O) groups is 2. The van der Waals surface area contributed by atoms with Gasteiger partial charge in [0.05, 0.1) is 0 Å². The Kier molecular flexibility index (Phi) is 2.82. The molecular weight excluding hydrogens is 240 g/mol. The first kappa shape index (κ1) is 14.4. The third-order valence-electron chi connectivity index (χ3n) is 5.30. The molecule has 2 amide bonds. The normalized spacial score (nSPS) is 36.0. The van der Waals surface area contributed by atoms with Gasteiger partial charge in [-0.25, -0.2) is 0 Å². The molecule has 1 saturated heterocycles. The van der Waals surface area contributed by atoms with Crippen molar-refractivity contribution in [3.05, 3.63) is 0 Å². The molecule has 0 radical (unpaired) electrons. The molecule has 2 aliphatic rings. The number of carbonyl (C=O) groups excluding carboxylic acids is 2. The zero-order valence-electron chi connectivity index (χ0n) is 12.9. The van der Waals surface area contributed by atoms with E-state index in [-0.39, 0.29) is 34.0 Å². The number of nitrogens with two attached hydrogens (primary N) is 1. The number of amides is 2. The Balaban J connectivity index is 2.21. The maximum atomic E-state index is 12.4. The smallest absolute Gasteiger partial charge is 0.240 e. The summed E-state index contributed by atoms with van der Waals surface area (Å²) in [7, 11) is 0. The van der Waals surface area contributed by atoms with Gasteiger partial charge < -0.3 is 10.6 Å². The Morgan fingerprint density at radius 1 is 1.26 bits per heavy atom. The lowest BCUT2D eigenvalue weighted by Crippen LogP contribution is -2.49. The number of hydrogen-bond donors (Lipinski definition) is 1. The summed E-state index contributed by atoms with van der Waals surface area (Å²) in [6.45, 7) is 13.3. The second-order valence-corrected chi connectivity index (χ2v) is 8.22. The Labute approximate surface area is 115 Å². The van der Waals surface area contributed by atoms with E-state index >= 15 is 0 Å². The van der Waals surface area contributed by atoms with Gasteiger partial charge in [-0.15, -0.1) is 0 Å². The van der Waals surface area contributed by atoms with E-state index in [2.05, 4.69) is 20.8 Å². The monoisotopic (exact) mass is 266 g/mol. The molecule has 1 saturated carbocycles. The van der Waals surface area contributed by atoms with Crippen molar-refractivity contribution >= 4 is 11.8 Å². The third-order valence-corrected chi connectivity index (χ3v) is 5.30. The molecule has 1 heterocycles. The van der Waals surface area contributed by atoms with Crippen LogP contribution < -0.4 is 5.73 Å². The van der Waals surface area contributed by atoms with Crippen LogP contribution >= 0.6 is 0 Å². The Hall–Kier alpha value is -1.06. The standard InChI is InChI=1S/C15H26N2O2/c1-13(2,3)7-9(18)17-8-15(6)11(14(15,4)5)10(17)12(16)19/h10-11H,7-8H2,1-6H3,(H2,16,19)/t10-,11-,15?/m0/s1. The summed E-state index contributed by atoms with van der Waals surface area (Å²) in [6.07, 6.45) is 0.458. The summed E-state index contributed by atoms with van der Waals surface area (Å²) in [5, 5.41) is 0. The van der Waals surface area contributed by atoms with Gasteiger partial charge in [0.1, 0.15) is 6.04 Å². The third kappa shape index (κ3) is 1.96. The van der Waals surface area contributed by atoms with E-state index in [1.54, 1.807) is 4.90 Å². The van der Waals surface area contributed by atoms with E-state index < -0.39 is 6.04 Å². The van der Waals surface area contributed by atoms with E-state index in [0.717, 1.165) is 0 Å². The highest BCUT2D eigenvalue weighted by Gasteiger charge is 2.77. The fourth-order valence-corrected chi connectivity index (χ4v) is 3.91. The molecule has 0 aromatic rings. The summed E-state index contributed by atoms with van der Waals surface area (Å²) in [5.74, 6) is -0.0940. The van der Waals surface area contributed by atoms with Crippen molar-refractivity contribution in [2.75, 3.05) is 6.54 Å². The van der Waals surface area contributed by atoms with E-state index in [0.29, 0.717) is 13.0 Å². The van der Waals surface area contributed by atoms with Gasteiger partial charge in [0.15, 0.2) is 0 Å². The van der Waals surface area contributed by atoms with Crippen LogP contribution in [0.5, 0.6) is 0 Å². The Morgan fingerprint density at radius 3 is 2.21 bits per heavy atom. The van der Waals surface area contributed by atoms with E-state index in [4.69, 9.17) is 5.73 Å². The van der Waals surface area contributed by atoms with Crippen LogP contribution in [0.3, 0.4) is 0 Å². The number of piperidine rings is 1. The van der Waals surface area contributed by atoms with Gasteiger partial charge in [-0.3, -0.25) is 9.59 Å². The molecule has 0 spiro atoms.